The lowest BCUT2D eigenvalue weighted by molar-refractivity contribution is -0.143. The predicted octanol–water partition coefficient (Wildman–Crippen LogP) is 4.10. The molecule has 1 amide bonds. The van der Waals surface area contributed by atoms with Gasteiger partial charge >= 0.3 is 12.1 Å². The van der Waals surface area contributed by atoms with Crippen LogP contribution in [-0.4, -0.2) is 39.6 Å². The molecule has 0 bridgehead atoms. The third kappa shape index (κ3) is 3.10. The van der Waals surface area contributed by atoms with Crippen molar-refractivity contribution in [3.05, 3.63) is 59.7 Å². The lowest BCUT2D eigenvalue weighted by atomic mass is 10.0. The third-order valence-corrected chi connectivity index (χ3v) is 5.09. The van der Waals surface area contributed by atoms with Crippen LogP contribution in [0.5, 0.6) is 0 Å². The fourth-order valence-corrected chi connectivity index (χ4v) is 4.02. The van der Waals surface area contributed by atoms with E-state index in [0.29, 0.717) is 10.8 Å². The number of aliphatic carboxylic acids is 1. The Kier molecular flexibility index (Phi) is 5.27. The Bertz CT molecular complexity index is 762. The van der Waals surface area contributed by atoms with Crippen LogP contribution in [0.4, 0.5) is 4.79 Å². The van der Waals surface area contributed by atoms with Crippen LogP contribution in [-0.2, 0) is 9.53 Å². The minimum Gasteiger partial charge on any atom is -0.480 e. The van der Waals surface area contributed by atoms with Crippen LogP contribution < -0.4 is 0 Å². The molecule has 1 atom stereocenters. The van der Waals surface area contributed by atoms with Crippen molar-refractivity contribution in [2.45, 2.75) is 18.5 Å². The molecule has 0 aliphatic heterocycles. The summed E-state index contributed by atoms with van der Waals surface area (Å²) < 4.78 is 5.58. The number of methoxy groups -OCH3 is 1. The second-order valence-electron chi connectivity index (χ2n) is 5.79. The molecule has 2 aromatic carbocycles. The van der Waals surface area contributed by atoms with Gasteiger partial charge in [-0.05, 0) is 28.7 Å². The summed E-state index contributed by atoms with van der Waals surface area (Å²) in [5.41, 5.74) is 3.90. The Labute approximate surface area is 159 Å². The Hall–Kier alpha value is -2.09. The normalized spacial score (nSPS) is 13.7. The zero-order valence-corrected chi connectivity index (χ0v) is 15.8. The smallest absolute Gasteiger partial charge is 0.411 e. The number of fused-ring (bicyclic) bond motifs is 3. The lowest BCUT2D eigenvalue weighted by Crippen LogP contribution is -2.47. The number of benzene rings is 2. The van der Waals surface area contributed by atoms with E-state index in [-0.39, 0.29) is 0 Å². The predicted molar refractivity (Wildman–Crippen MR) is 103 cm³/mol. The van der Waals surface area contributed by atoms with E-state index >= 15 is 0 Å². The van der Waals surface area contributed by atoms with Crippen molar-refractivity contribution in [3.63, 3.8) is 0 Å². The molecule has 130 valence electrons. The van der Waals surface area contributed by atoms with E-state index < -0.39 is 24.1 Å². The first-order valence-corrected chi connectivity index (χ1v) is 9.46. The molecule has 2 aromatic rings. The van der Waals surface area contributed by atoms with E-state index in [1.165, 1.54) is 12.0 Å². The molecular weight excluding hydrogens is 433 g/mol. The number of carboxylic acids is 1. The Morgan fingerprint density at radius 1 is 1.12 bits per heavy atom. The molecule has 1 aliphatic carbocycles. The summed E-state index contributed by atoms with van der Waals surface area (Å²) >= 11 is 2.13. The average Bonchev–Trinajstić information content (AvgIpc) is 2.96. The number of nitrogens with zero attached hydrogens (tertiary/aromatic N) is 1. The van der Waals surface area contributed by atoms with Crippen LogP contribution in [0, 0.1) is 0 Å². The van der Waals surface area contributed by atoms with Gasteiger partial charge in [0.1, 0.15) is 6.04 Å². The lowest BCUT2D eigenvalue weighted by Gasteiger charge is -2.33. The number of ether oxygens (including phenoxy) is 1. The summed E-state index contributed by atoms with van der Waals surface area (Å²) in [6, 6.07) is 14.2. The highest BCUT2D eigenvalue weighted by molar-refractivity contribution is 14.1. The fraction of sp³-hybridized carbons (Fsp3) is 0.263. The maximum atomic E-state index is 12.6. The molecule has 0 heterocycles. The molecule has 0 unspecified atom stereocenters. The van der Waals surface area contributed by atoms with Crippen molar-refractivity contribution in [2.75, 3.05) is 11.5 Å². The SMILES string of the molecule is COC(=O)N(C1c2ccccc2-c2ccccc21)[C@@H](CCI)C(=O)O. The summed E-state index contributed by atoms with van der Waals surface area (Å²) in [6.07, 6.45) is -0.278. The first-order valence-electron chi connectivity index (χ1n) is 7.93. The maximum Gasteiger partial charge on any atom is 0.411 e. The van der Waals surface area contributed by atoms with Crippen molar-refractivity contribution in [3.8, 4) is 11.1 Å². The van der Waals surface area contributed by atoms with Crippen LogP contribution in [0.15, 0.2) is 48.5 Å². The number of halogens is 1. The monoisotopic (exact) mass is 451 g/mol. The molecular formula is C19H18INO4. The second kappa shape index (κ2) is 7.43. The number of hydrogen-bond acceptors (Lipinski definition) is 3. The number of carbonyl (C=O) groups is 2. The molecule has 0 saturated heterocycles. The number of amides is 1. The van der Waals surface area contributed by atoms with Crippen molar-refractivity contribution in [1.82, 2.24) is 4.90 Å². The Morgan fingerprint density at radius 2 is 1.64 bits per heavy atom. The van der Waals surface area contributed by atoms with E-state index in [0.717, 1.165) is 22.3 Å². The molecule has 6 heteroatoms. The molecule has 0 spiro atoms. The van der Waals surface area contributed by atoms with Crippen LogP contribution in [0.25, 0.3) is 11.1 Å². The number of carboxylic acid groups (broad SMARTS) is 1. The van der Waals surface area contributed by atoms with Gasteiger partial charge in [-0.1, -0.05) is 71.1 Å². The van der Waals surface area contributed by atoms with Gasteiger partial charge in [0.05, 0.1) is 13.2 Å². The highest BCUT2D eigenvalue weighted by Crippen LogP contribution is 2.47. The largest absolute Gasteiger partial charge is 0.480 e. The average molecular weight is 451 g/mol. The minimum absolute atomic E-state index is 0.353. The van der Waals surface area contributed by atoms with Gasteiger partial charge in [0.2, 0.25) is 0 Å². The van der Waals surface area contributed by atoms with Gasteiger partial charge in [-0.3, -0.25) is 4.90 Å². The number of alkyl halides is 1. The first kappa shape index (κ1) is 17.7. The van der Waals surface area contributed by atoms with E-state index in [1.807, 2.05) is 48.5 Å². The molecule has 0 radical (unpaired) electrons. The van der Waals surface area contributed by atoms with Crippen molar-refractivity contribution < 1.29 is 19.4 Å². The van der Waals surface area contributed by atoms with Gasteiger partial charge in [0.15, 0.2) is 0 Å². The van der Waals surface area contributed by atoms with Crippen LogP contribution in [0.1, 0.15) is 23.6 Å². The molecule has 0 saturated carbocycles. The molecule has 0 aromatic heterocycles. The third-order valence-electron chi connectivity index (χ3n) is 4.47. The summed E-state index contributed by atoms with van der Waals surface area (Å²) in [5.74, 6) is -1.02. The summed E-state index contributed by atoms with van der Waals surface area (Å²) in [5, 5.41) is 9.72. The summed E-state index contributed by atoms with van der Waals surface area (Å²) in [7, 11) is 1.28. The standard InChI is InChI=1S/C19H18INO4/c1-25-19(24)21(16(10-11-20)18(22)23)17-14-8-4-2-6-12(14)13-7-3-5-9-15(13)17/h2-9,16-17H,10-11H2,1H3,(H,22,23)/t16-/m0/s1. The van der Waals surface area contributed by atoms with Crippen molar-refractivity contribution in [2.24, 2.45) is 0 Å². The van der Waals surface area contributed by atoms with E-state index in [1.54, 1.807) is 0 Å². The zero-order valence-electron chi connectivity index (χ0n) is 13.7. The van der Waals surface area contributed by atoms with Gasteiger partial charge in [-0.2, -0.15) is 0 Å². The Morgan fingerprint density at radius 3 is 2.08 bits per heavy atom. The molecule has 25 heavy (non-hydrogen) atoms. The molecule has 1 aliphatic rings. The number of rotatable bonds is 5. The van der Waals surface area contributed by atoms with Crippen molar-refractivity contribution in [1.29, 1.82) is 0 Å². The highest BCUT2D eigenvalue weighted by Gasteiger charge is 2.41. The van der Waals surface area contributed by atoms with Crippen LogP contribution >= 0.6 is 22.6 Å². The van der Waals surface area contributed by atoms with Gasteiger partial charge in [0.25, 0.3) is 0 Å². The van der Waals surface area contributed by atoms with Crippen LogP contribution in [0.2, 0.25) is 0 Å². The molecule has 3 rings (SSSR count). The fourth-order valence-electron chi connectivity index (χ4n) is 3.43. The first-order chi connectivity index (χ1) is 12.1. The van der Waals surface area contributed by atoms with Gasteiger partial charge in [-0.15, -0.1) is 0 Å². The second-order valence-corrected chi connectivity index (χ2v) is 6.86. The summed E-state index contributed by atoms with van der Waals surface area (Å²) in [6.45, 7) is 0. The summed E-state index contributed by atoms with van der Waals surface area (Å²) in [4.78, 5) is 25.8. The van der Waals surface area contributed by atoms with E-state index in [9.17, 15) is 14.7 Å². The molecule has 5 nitrogen and oxygen atoms in total. The molecule has 1 N–H and O–H groups in total. The van der Waals surface area contributed by atoms with Gasteiger partial charge in [-0.25, -0.2) is 9.59 Å². The highest BCUT2D eigenvalue weighted by atomic mass is 127. The maximum absolute atomic E-state index is 12.6. The van der Waals surface area contributed by atoms with Crippen molar-refractivity contribution >= 4 is 34.7 Å². The number of hydrogen-bond donors (Lipinski definition) is 1. The Balaban J connectivity index is 2.19. The van der Waals surface area contributed by atoms with E-state index in [4.69, 9.17) is 4.74 Å². The topological polar surface area (TPSA) is 66.8 Å². The zero-order chi connectivity index (χ0) is 18.0. The van der Waals surface area contributed by atoms with E-state index in [2.05, 4.69) is 22.6 Å². The molecule has 0 fully saturated rings. The van der Waals surface area contributed by atoms with Gasteiger partial charge in [0, 0.05) is 4.43 Å². The van der Waals surface area contributed by atoms with Crippen LogP contribution in [0.3, 0.4) is 0 Å². The minimum atomic E-state index is -1.02. The number of carbonyl (C=O) groups excluding carboxylic acids is 1. The van der Waals surface area contributed by atoms with Gasteiger partial charge < -0.3 is 9.84 Å². The quantitative estimate of drug-likeness (QED) is 0.549.